The minimum absolute atomic E-state index is 0.117. The molecule has 2 aromatic rings. The van der Waals surface area contributed by atoms with E-state index in [9.17, 15) is 0 Å². The van der Waals surface area contributed by atoms with Crippen LogP contribution in [0.4, 0.5) is 17.6 Å². The second-order valence-electron chi connectivity index (χ2n) is 5.64. The maximum Gasteiger partial charge on any atom is 0.222 e. The lowest BCUT2D eigenvalue weighted by molar-refractivity contribution is 0.470. The van der Waals surface area contributed by atoms with Crippen molar-refractivity contribution < 1.29 is 4.74 Å². The fraction of sp³-hybridized carbons (Fsp3) is 0.400. The van der Waals surface area contributed by atoms with Crippen molar-refractivity contribution in [1.29, 1.82) is 0 Å². The Morgan fingerprint density at radius 2 is 1.77 bits per heavy atom. The molecule has 0 atom stereocenters. The smallest absolute Gasteiger partial charge is 0.222 e. The number of hydrogen-bond acceptors (Lipinski definition) is 7. The number of anilines is 3. The van der Waals surface area contributed by atoms with Crippen molar-refractivity contribution in [1.82, 2.24) is 15.0 Å². The van der Waals surface area contributed by atoms with Crippen LogP contribution in [0, 0.1) is 0 Å². The standard InChI is InChI=1S/C15H22N6O/c1-8(2)10-6-18-13(20-9(3)4)5-11(10)22-12-7-19-15(17)21-14(12)16/h5-9H,1-4H3,(H,18,20)(H4,16,17,19,21). The maximum absolute atomic E-state index is 5.89. The fourth-order valence-electron chi connectivity index (χ4n) is 1.94. The summed E-state index contributed by atoms with van der Waals surface area (Å²) in [5.41, 5.74) is 12.3. The SMILES string of the molecule is CC(C)Nc1cc(Oc2cnc(N)nc2N)c(C(C)C)cn1. The van der Waals surface area contributed by atoms with Gasteiger partial charge in [-0.3, -0.25) is 0 Å². The van der Waals surface area contributed by atoms with Crippen molar-refractivity contribution in [2.75, 3.05) is 16.8 Å². The molecule has 0 bridgehead atoms. The highest BCUT2D eigenvalue weighted by Crippen LogP contribution is 2.33. The van der Waals surface area contributed by atoms with Gasteiger partial charge in [-0.05, 0) is 19.8 Å². The normalized spacial score (nSPS) is 11.0. The summed E-state index contributed by atoms with van der Waals surface area (Å²) in [6.07, 6.45) is 3.27. The van der Waals surface area contributed by atoms with Crippen molar-refractivity contribution in [2.24, 2.45) is 0 Å². The quantitative estimate of drug-likeness (QED) is 0.778. The van der Waals surface area contributed by atoms with Crippen LogP contribution in [0.5, 0.6) is 11.5 Å². The predicted octanol–water partition coefficient (Wildman–Crippen LogP) is 2.77. The number of hydrogen-bond donors (Lipinski definition) is 3. The summed E-state index contributed by atoms with van der Waals surface area (Å²) in [5, 5.41) is 3.25. The molecule has 0 aromatic carbocycles. The third kappa shape index (κ3) is 3.75. The molecule has 0 amide bonds. The number of nitrogens with zero attached hydrogens (tertiary/aromatic N) is 3. The summed E-state index contributed by atoms with van der Waals surface area (Å²) >= 11 is 0. The molecular weight excluding hydrogens is 280 g/mol. The van der Waals surface area contributed by atoms with Crippen molar-refractivity contribution in [3.8, 4) is 11.5 Å². The molecule has 0 spiro atoms. The monoisotopic (exact) mass is 302 g/mol. The molecule has 22 heavy (non-hydrogen) atoms. The molecule has 0 saturated carbocycles. The summed E-state index contributed by atoms with van der Waals surface area (Å²) < 4.78 is 5.89. The van der Waals surface area contributed by atoms with Crippen molar-refractivity contribution >= 4 is 17.6 Å². The van der Waals surface area contributed by atoms with Crippen LogP contribution in [0.25, 0.3) is 0 Å². The van der Waals surface area contributed by atoms with Crippen molar-refractivity contribution in [3.63, 3.8) is 0 Å². The first-order valence-corrected chi connectivity index (χ1v) is 7.19. The van der Waals surface area contributed by atoms with Gasteiger partial charge in [-0.1, -0.05) is 13.8 Å². The number of nitrogens with two attached hydrogens (primary N) is 2. The molecule has 0 aliphatic carbocycles. The Bertz CT molecular complexity index is 656. The Hall–Kier alpha value is -2.57. The predicted molar refractivity (Wildman–Crippen MR) is 88.0 cm³/mol. The molecule has 0 fully saturated rings. The summed E-state index contributed by atoms with van der Waals surface area (Å²) in [6, 6.07) is 2.13. The number of nitrogen functional groups attached to an aromatic ring is 2. The lowest BCUT2D eigenvalue weighted by atomic mass is 10.0. The molecule has 7 heteroatoms. The first-order chi connectivity index (χ1) is 10.4. The first-order valence-electron chi connectivity index (χ1n) is 7.19. The highest BCUT2D eigenvalue weighted by molar-refractivity contribution is 5.53. The van der Waals surface area contributed by atoms with Gasteiger partial charge < -0.3 is 21.5 Å². The third-order valence-corrected chi connectivity index (χ3v) is 2.98. The number of pyridine rings is 1. The Balaban J connectivity index is 2.37. The Morgan fingerprint density at radius 1 is 1.05 bits per heavy atom. The van der Waals surface area contributed by atoms with Crippen LogP contribution in [0.1, 0.15) is 39.2 Å². The molecule has 118 valence electrons. The first kappa shape index (κ1) is 15.8. The van der Waals surface area contributed by atoms with E-state index in [4.69, 9.17) is 16.2 Å². The van der Waals surface area contributed by atoms with E-state index in [2.05, 4.69) is 34.1 Å². The van der Waals surface area contributed by atoms with E-state index in [1.54, 1.807) is 6.20 Å². The average molecular weight is 302 g/mol. The van der Waals surface area contributed by atoms with E-state index < -0.39 is 0 Å². The van der Waals surface area contributed by atoms with Gasteiger partial charge in [0.25, 0.3) is 0 Å². The van der Waals surface area contributed by atoms with Crippen molar-refractivity contribution in [2.45, 2.75) is 39.7 Å². The summed E-state index contributed by atoms with van der Waals surface area (Å²) in [4.78, 5) is 12.2. The molecular formula is C15H22N6O. The van der Waals surface area contributed by atoms with Gasteiger partial charge in [-0.25, -0.2) is 9.97 Å². The number of rotatable bonds is 5. The summed E-state index contributed by atoms with van der Waals surface area (Å²) in [6.45, 7) is 8.24. The second-order valence-corrected chi connectivity index (χ2v) is 5.64. The molecule has 0 unspecified atom stereocenters. The minimum Gasteiger partial charge on any atom is -0.451 e. The Morgan fingerprint density at radius 3 is 2.36 bits per heavy atom. The zero-order valence-electron chi connectivity index (χ0n) is 13.3. The van der Waals surface area contributed by atoms with E-state index >= 15 is 0 Å². The number of nitrogens with one attached hydrogen (secondary N) is 1. The van der Waals surface area contributed by atoms with Gasteiger partial charge >= 0.3 is 0 Å². The van der Waals surface area contributed by atoms with Crippen LogP contribution in [0.3, 0.4) is 0 Å². The molecule has 2 aromatic heterocycles. The molecule has 5 N–H and O–H groups in total. The van der Waals surface area contributed by atoms with Crippen LogP contribution < -0.4 is 21.5 Å². The van der Waals surface area contributed by atoms with Gasteiger partial charge in [0.2, 0.25) is 5.95 Å². The van der Waals surface area contributed by atoms with Gasteiger partial charge in [0.15, 0.2) is 11.6 Å². The highest BCUT2D eigenvalue weighted by Gasteiger charge is 2.14. The van der Waals surface area contributed by atoms with Gasteiger partial charge in [-0.2, -0.15) is 4.98 Å². The van der Waals surface area contributed by atoms with Gasteiger partial charge in [0, 0.05) is 23.9 Å². The minimum atomic E-state index is 0.117. The van der Waals surface area contributed by atoms with E-state index in [0.29, 0.717) is 11.5 Å². The Labute approximate surface area is 130 Å². The van der Waals surface area contributed by atoms with Gasteiger partial charge in [0.05, 0.1) is 6.20 Å². The van der Waals surface area contributed by atoms with E-state index in [-0.39, 0.29) is 23.7 Å². The highest BCUT2D eigenvalue weighted by atomic mass is 16.5. The number of ether oxygens (including phenoxy) is 1. The molecule has 0 aliphatic rings. The van der Waals surface area contributed by atoms with E-state index in [1.165, 1.54) is 6.20 Å². The van der Waals surface area contributed by atoms with Gasteiger partial charge in [0.1, 0.15) is 11.6 Å². The van der Waals surface area contributed by atoms with Crippen molar-refractivity contribution in [3.05, 3.63) is 24.0 Å². The number of aromatic nitrogens is 3. The molecule has 0 aliphatic heterocycles. The maximum atomic E-state index is 5.89. The van der Waals surface area contributed by atoms with Crippen LogP contribution in [-0.4, -0.2) is 21.0 Å². The fourth-order valence-corrected chi connectivity index (χ4v) is 1.94. The average Bonchev–Trinajstić information content (AvgIpc) is 2.41. The van der Waals surface area contributed by atoms with E-state index in [0.717, 1.165) is 11.4 Å². The van der Waals surface area contributed by atoms with Crippen LogP contribution in [0.2, 0.25) is 0 Å². The Kier molecular flexibility index (Phi) is 4.65. The zero-order chi connectivity index (χ0) is 16.3. The molecule has 2 heterocycles. The summed E-state index contributed by atoms with van der Waals surface area (Å²) in [5.74, 6) is 2.37. The van der Waals surface area contributed by atoms with E-state index in [1.807, 2.05) is 19.9 Å². The lowest BCUT2D eigenvalue weighted by Crippen LogP contribution is -2.11. The third-order valence-electron chi connectivity index (χ3n) is 2.98. The molecule has 7 nitrogen and oxygen atoms in total. The van der Waals surface area contributed by atoms with Crippen LogP contribution in [-0.2, 0) is 0 Å². The molecule has 0 saturated heterocycles. The molecule has 0 radical (unpaired) electrons. The topological polar surface area (TPSA) is 112 Å². The lowest BCUT2D eigenvalue weighted by Gasteiger charge is -2.16. The summed E-state index contributed by atoms with van der Waals surface area (Å²) in [7, 11) is 0. The largest absolute Gasteiger partial charge is 0.451 e. The van der Waals surface area contributed by atoms with Crippen LogP contribution in [0.15, 0.2) is 18.5 Å². The van der Waals surface area contributed by atoms with Gasteiger partial charge in [-0.15, -0.1) is 0 Å². The van der Waals surface area contributed by atoms with Crippen LogP contribution >= 0.6 is 0 Å². The molecule has 2 rings (SSSR count). The second kappa shape index (κ2) is 6.46. The zero-order valence-corrected chi connectivity index (χ0v) is 13.3.